The zero-order valence-electron chi connectivity index (χ0n) is 14.2. The fraction of sp³-hybridized carbons (Fsp3) is 0.167. The van der Waals surface area contributed by atoms with Gasteiger partial charge in [0, 0.05) is 22.5 Å². The Morgan fingerprint density at radius 1 is 1.22 bits per heavy atom. The molecule has 0 amide bonds. The SMILES string of the molecule is C#Cc1ccc(Nc2ccc(C(F)(F)F)cc2)c(/C(N)=N/N(N)CCO)c1. The zero-order chi connectivity index (χ0) is 20.0. The summed E-state index contributed by atoms with van der Waals surface area (Å²) in [5.74, 6) is 8.08. The van der Waals surface area contributed by atoms with E-state index in [1.54, 1.807) is 18.2 Å². The van der Waals surface area contributed by atoms with Crippen molar-refractivity contribution in [2.24, 2.45) is 16.7 Å². The number of benzene rings is 2. The van der Waals surface area contributed by atoms with Gasteiger partial charge in [0.1, 0.15) is 0 Å². The predicted molar refractivity (Wildman–Crippen MR) is 97.8 cm³/mol. The summed E-state index contributed by atoms with van der Waals surface area (Å²) >= 11 is 0. The number of rotatable bonds is 6. The molecule has 0 aliphatic rings. The van der Waals surface area contributed by atoms with E-state index in [4.69, 9.17) is 23.1 Å². The standard InChI is InChI=1S/C18H18F3N5O/c1-2-12-3-8-16(15(11-12)17(22)25-26(23)9-10-27)24-14-6-4-13(5-7-14)18(19,20)21/h1,3-8,11,24,27H,9-10,23H2,(H2,22,25). The van der Waals surface area contributed by atoms with E-state index >= 15 is 0 Å². The van der Waals surface area contributed by atoms with E-state index in [9.17, 15) is 13.2 Å². The molecule has 0 aromatic heterocycles. The van der Waals surface area contributed by atoms with Crippen LogP contribution in [0.15, 0.2) is 47.6 Å². The minimum atomic E-state index is -4.41. The Morgan fingerprint density at radius 3 is 2.44 bits per heavy atom. The summed E-state index contributed by atoms with van der Waals surface area (Å²) in [7, 11) is 0. The van der Waals surface area contributed by atoms with Crippen molar-refractivity contribution in [3.8, 4) is 12.3 Å². The smallest absolute Gasteiger partial charge is 0.394 e. The van der Waals surface area contributed by atoms with Crippen molar-refractivity contribution < 1.29 is 18.3 Å². The first-order chi connectivity index (χ1) is 12.7. The number of aliphatic hydroxyl groups is 1. The predicted octanol–water partition coefficient (Wildman–Crippen LogP) is 2.22. The molecule has 0 fully saturated rings. The summed E-state index contributed by atoms with van der Waals surface area (Å²) in [6, 6.07) is 9.43. The van der Waals surface area contributed by atoms with Crippen molar-refractivity contribution in [1.82, 2.24) is 5.12 Å². The molecule has 2 aromatic rings. The van der Waals surface area contributed by atoms with Crippen LogP contribution in [-0.4, -0.2) is 29.2 Å². The largest absolute Gasteiger partial charge is 0.416 e. The molecule has 0 atom stereocenters. The van der Waals surface area contributed by atoms with Gasteiger partial charge in [-0.25, -0.2) is 11.0 Å². The number of nitrogens with zero attached hydrogens (tertiary/aromatic N) is 2. The third-order valence-electron chi connectivity index (χ3n) is 3.52. The van der Waals surface area contributed by atoms with Gasteiger partial charge in [-0.15, -0.1) is 11.5 Å². The molecule has 0 saturated carbocycles. The van der Waals surface area contributed by atoms with E-state index in [0.717, 1.165) is 17.3 Å². The van der Waals surface area contributed by atoms with E-state index < -0.39 is 11.7 Å². The molecule has 2 rings (SSSR count). The maximum Gasteiger partial charge on any atom is 0.416 e. The van der Waals surface area contributed by atoms with Gasteiger partial charge in [-0.05, 0) is 42.5 Å². The van der Waals surface area contributed by atoms with Gasteiger partial charge in [-0.3, -0.25) is 0 Å². The minimum absolute atomic E-state index is 0.0254. The highest BCUT2D eigenvalue weighted by Gasteiger charge is 2.29. The normalized spacial score (nSPS) is 11.8. The number of nitrogens with one attached hydrogen (secondary N) is 1. The number of halogens is 3. The van der Waals surface area contributed by atoms with Crippen LogP contribution < -0.4 is 16.9 Å². The number of hydrogen-bond donors (Lipinski definition) is 4. The van der Waals surface area contributed by atoms with Gasteiger partial charge in [0.15, 0.2) is 5.84 Å². The monoisotopic (exact) mass is 377 g/mol. The maximum atomic E-state index is 12.7. The summed E-state index contributed by atoms with van der Waals surface area (Å²) in [5.41, 5.74) is 7.08. The van der Waals surface area contributed by atoms with Crippen LogP contribution in [0.1, 0.15) is 16.7 Å². The molecule has 0 unspecified atom stereocenters. The number of nitrogens with two attached hydrogens (primary N) is 2. The van der Waals surface area contributed by atoms with Crippen LogP contribution in [-0.2, 0) is 6.18 Å². The van der Waals surface area contributed by atoms with Crippen LogP contribution >= 0.6 is 0 Å². The maximum absolute atomic E-state index is 12.7. The molecular weight excluding hydrogens is 359 g/mol. The number of alkyl halides is 3. The molecule has 27 heavy (non-hydrogen) atoms. The molecule has 0 radical (unpaired) electrons. The molecule has 0 saturated heterocycles. The van der Waals surface area contributed by atoms with Crippen LogP contribution in [0.5, 0.6) is 0 Å². The lowest BCUT2D eigenvalue weighted by Crippen LogP contribution is -2.32. The Kier molecular flexibility index (Phi) is 6.28. The van der Waals surface area contributed by atoms with Crippen molar-refractivity contribution in [3.63, 3.8) is 0 Å². The highest BCUT2D eigenvalue weighted by atomic mass is 19.4. The highest BCUT2D eigenvalue weighted by Crippen LogP contribution is 2.31. The van der Waals surface area contributed by atoms with Gasteiger partial charge in [0.25, 0.3) is 0 Å². The Bertz CT molecular complexity index is 857. The van der Waals surface area contributed by atoms with Gasteiger partial charge >= 0.3 is 6.18 Å². The van der Waals surface area contributed by atoms with Gasteiger partial charge in [-0.1, -0.05) is 5.92 Å². The number of hydrazone groups is 1. The molecule has 0 bridgehead atoms. The van der Waals surface area contributed by atoms with Crippen LogP contribution in [0.25, 0.3) is 0 Å². The summed E-state index contributed by atoms with van der Waals surface area (Å²) in [6.45, 7) is -0.147. The molecule has 0 aliphatic carbocycles. The third-order valence-corrected chi connectivity index (χ3v) is 3.52. The van der Waals surface area contributed by atoms with Crippen molar-refractivity contribution in [2.45, 2.75) is 6.18 Å². The summed E-state index contributed by atoms with van der Waals surface area (Å²) in [6.07, 6.45) is 0.992. The molecule has 0 heterocycles. The second-order valence-electron chi connectivity index (χ2n) is 5.48. The second kappa shape index (κ2) is 8.44. The molecule has 0 spiro atoms. The van der Waals surface area contributed by atoms with E-state index in [2.05, 4.69) is 16.3 Å². The molecule has 6 nitrogen and oxygen atoms in total. The number of hydrogen-bond acceptors (Lipinski definition) is 5. The fourth-order valence-electron chi connectivity index (χ4n) is 2.20. The zero-order valence-corrected chi connectivity index (χ0v) is 14.2. The topological polar surface area (TPSA) is 99.9 Å². The summed E-state index contributed by atoms with van der Waals surface area (Å²) in [4.78, 5) is 0. The van der Waals surface area contributed by atoms with E-state index in [-0.39, 0.29) is 19.0 Å². The lowest BCUT2D eigenvalue weighted by Gasteiger charge is -2.16. The Balaban J connectivity index is 2.35. The highest BCUT2D eigenvalue weighted by molar-refractivity contribution is 6.03. The number of amidine groups is 1. The first-order valence-corrected chi connectivity index (χ1v) is 7.77. The van der Waals surface area contributed by atoms with E-state index in [0.29, 0.717) is 22.5 Å². The Labute approximate surface area is 154 Å². The number of anilines is 2. The summed E-state index contributed by atoms with van der Waals surface area (Å²) in [5, 5.41) is 16.8. The summed E-state index contributed by atoms with van der Waals surface area (Å²) < 4.78 is 38.0. The molecular formula is C18H18F3N5O. The van der Waals surface area contributed by atoms with Gasteiger partial charge < -0.3 is 16.2 Å². The van der Waals surface area contributed by atoms with Crippen LogP contribution in [0.2, 0.25) is 0 Å². The lowest BCUT2D eigenvalue weighted by atomic mass is 10.1. The molecule has 142 valence electrons. The quantitative estimate of drug-likeness (QED) is 0.203. The van der Waals surface area contributed by atoms with Crippen LogP contribution in [0.4, 0.5) is 24.5 Å². The van der Waals surface area contributed by atoms with Crippen LogP contribution in [0, 0.1) is 12.3 Å². The average molecular weight is 377 g/mol. The van der Waals surface area contributed by atoms with Crippen molar-refractivity contribution in [1.29, 1.82) is 0 Å². The fourth-order valence-corrected chi connectivity index (χ4v) is 2.20. The third kappa shape index (κ3) is 5.37. The van der Waals surface area contributed by atoms with Crippen LogP contribution in [0.3, 0.4) is 0 Å². The average Bonchev–Trinajstić information content (AvgIpc) is 2.61. The second-order valence-corrected chi connectivity index (χ2v) is 5.48. The number of terminal acetylenes is 1. The minimum Gasteiger partial charge on any atom is -0.394 e. The van der Waals surface area contributed by atoms with Gasteiger partial charge in [0.05, 0.1) is 18.7 Å². The van der Waals surface area contributed by atoms with Crippen molar-refractivity contribution >= 4 is 17.2 Å². The lowest BCUT2D eigenvalue weighted by molar-refractivity contribution is -0.137. The van der Waals surface area contributed by atoms with E-state index in [1.807, 2.05) is 0 Å². The Hall–Kier alpha value is -3.22. The number of hydrazine groups is 1. The molecule has 0 aliphatic heterocycles. The van der Waals surface area contributed by atoms with E-state index in [1.165, 1.54) is 12.1 Å². The molecule has 9 heteroatoms. The van der Waals surface area contributed by atoms with Crippen molar-refractivity contribution in [3.05, 3.63) is 59.2 Å². The Morgan fingerprint density at radius 2 is 1.89 bits per heavy atom. The molecule has 2 aromatic carbocycles. The van der Waals surface area contributed by atoms with Gasteiger partial charge in [-0.2, -0.15) is 13.2 Å². The number of aliphatic hydroxyl groups excluding tert-OH is 1. The van der Waals surface area contributed by atoms with Crippen molar-refractivity contribution in [2.75, 3.05) is 18.5 Å². The molecule has 6 N–H and O–H groups in total. The van der Waals surface area contributed by atoms with Gasteiger partial charge in [0.2, 0.25) is 0 Å². The first-order valence-electron chi connectivity index (χ1n) is 7.77. The first kappa shape index (κ1) is 20.1.